The van der Waals surface area contributed by atoms with Crippen molar-refractivity contribution in [3.63, 3.8) is 0 Å². The number of hydrogen-bond donors (Lipinski definition) is 4. The summed E-state index contributed by atoms with van der Waals surface area (Å²) in [6.07, 6.45) is 0. The standard InChI is InChI=1S/C15H18N6O/c16-15-18-19-20-21(15)17-10-13-7-4-8-14(9-13)22-11-12-5-2-1-3-6-12/h1-9,17,19-20H,10-11H2,(H2,16,18). The van der Waals surface area contributed by atoms with Crippen LogP contribution in [0.2, 0.25) is 0 Å². The van der Waals surface area contributed by atoms with E-state index in [4.69, 9.17) is 10.5 Å². The van der Waals surface area contributed by atoms with Crippen molar-refractivity contribution in [3.05, 3.63) is 65.7 Å². The highest BCUT2D eigenvalue weighted by molar-refractivity contribution is 5.77. The van der Waals surface area contributed by atoms with E-state index in [1.807, 2.05) is 54.6 Å². The van der Waals surface area contributed by atoms with Crippen molar-refractivity contribution < 1.29 is 4.74 Å². The Hall–Kier alpha value is -2.77. The first-order valence-corrected chi connectivity index (χ1v) is 6.94. The number of hydrazone groups is 1. The molecule has 0 aromatic heterocycles. The minimum absolute atomic E-state index is 0.330. The Bertz CT molecular complexity index is 645. The maximum Gasteiger partial charge on any atom is 0.246 e. The van der Waals surface area contributed by atoms with E-state index >= 15 is 0 Å². The molecule has 0 saturated carbocycles. The highest BCUT2D eigenvalue weighted by atomic mass is 16.5. The summed E-state index contributed by atoms with van der Waals surface area (Å²) in [6.45, 7) is 1.14. The van der Waals surface area contributed by atoms with Crippen molar-refractivity contribution in [2.45, 2.75) is 13.2 Å². The van der Waals surface area contributed by atoms with Crippen LogP contribution in [0.15, 0.2) is 59.7 Å². The Morgan fingerprint density at radius 1 is 1.09 bits per heavy atom. The van der Waals surface area contributed by atoms with Crippen LogP contribution >= 0.6 is 0 Å². The van der Waals surface area contributed by atoms with E-state index in [0.29, 0.717) is 19.1 Å². The molecule has 0 bridgehead atoms. The first kappa shape index (κ1) is 14.2. The maximum absolute atomic E-state index is 5.81. The second kappa shape index (κ2) is 6.79. The lowest BCUT2D eigenvalue weighted by atomic mass is 10.2. The number of nitrogens with one attached hydrogen (secondary N) is 3. The summed E-state index contributed by atoms with van der Waals surface area (Å²) in [7, 11) is 0. The monoisotopic (exact) mass is 298 g/mol. The number of ether oxygens (including phenoxy) is 1. The summed E-state index contributed by atoms with van der Waals surface area (Å²) in [5.41, 5.74) is 16.3. The summed E-state index contributed by atoms with van der Waals surface area (Å²) in [5.74, 6) is 1.16. The fourth-order valence-corrected chi connectivity index (χ4v) is 2.02. The average molecular weight is 298 g/mol. The van der Waals surface area contributed by atoms with E-state index in [9.17, 15) is 0 Å². The van der Waals surface area contributed by atoms with E-state index in [2.05, 4.69) is 21.6 Å². The van der Waals surface area contributed by atoms with Gasteiger partial charge in [0.1, 0.15) is 12.4 Å². The minimum atomic E-state index is 0.330. The number of rotatable bonds is 6. The SMILES string of the molecule is NC1=NNNN1NCc1cccc(OCc2ccccc2)c1. The lowest BCUT2D eigenvalue weighted by molar-refractivity contribution is 0.207. The molecule has 114 valence electrons. The maximum atomic E-state index is 5.81. The molecule has 0 fully saturated rings. The van der Waals surface area contributed by atoms with E-state index in [0.717, 1.165) is 16.9 Å². The molecule has 0 saturated heterocycles. The van der Waals surface area contributed by atoms with Gasteiger partial charge in [-0.25, -0.2) is 11.0 Å². The predicted octanol–water partition coefficient (Wildman–Crippen LogP) is 0.825. The van der Waals surface area contributed by atoms with Gasteiger partial charge >= 0.3 is 0 Å². The number of nitrogens with zero attached hydrogens (tertiary/aromatic N) is 2. The smallest absolute Gasteiger partial charge is 0.246 e. The Kier molecular flexibility index (Phi) is 4.38. The number of guanidine groups is 1. The van der Waals surface area contributed by atoms with E-state index in [1.165, 1.54) is 5.12 Å². The van der Waals surface area contributed by atoms with Crippen LogP contribution in [-0.4, -0.2) is 11.1 Å². The van der Waals surface area contributed by atoms with Crippen LogP contribution in [0, 0.1) is 0 Å². The van der Waals surface area contributed by atoms with Gasteiger partial charge in [-0.2, -0.15) is 5.12 Å². The van der Waals surface area contributed by atoms with Gasteiger partial charge in [0.2, 0.25) is 5.96 Å². The zero-order chi connectivity index (χ0) is 15.2. The third-order valence-electron chi connectivity index (χ3n) is 3.15. The van der Waals surface area contributed by atoms with Gasteiger partial charge in [0.05, 0.1) is 0 Å². The predicted molar refractivity (Wildman–Crippen MR) is 83.8 cm³/mol. The summed E-state index contributed by atoms with van der Waals surface area (Å²) >= 11 is 0. The van der Waals surface area contributed by atoms with Gasteiger partial charge < -0.3 is 10.5 Å². The van der Waals surface area contributed by atoms with Crippen LogP contribution in [0.3, 0.4) is 0 Å². The highest BCUT2D eigenvalue weighted by Gasteiger charge is 2.11. The van der Waals surface area contributed by atoms with Crippen molar-refractivity contribution in [2.24, 2.45) is 10.8 Å². The highest BCUT2D eigenvalue weighted by Crippen LogP contribution is 2.15. The molecule has 1 aliphatic rings. The van der Waals surface area contributed by atoms with E-state index in [1.54, 1.807) is 0 Å². The van der Waals surface area contributed by atoms with Gasteiger partial charge in [0.25, 0.3) is 0 Å². The van der Waals surface area contributed by atoms with Crippen molar-refractivity contribution in [1.82, 2.24) is 21.6 Å². The average Bonchev–Trinajstić information content (AvgIpc) is 2.98. The molecule has 2 aromatic rings. The molecule has 0 aliphatic carbocycles. The zero-order valence-electron chi connectivity index (χ0n) is 12.0. The Labute approximate surface area is 128 Å². The van der Waals surface area contributed by atoms with Gasteiger partial charge in [-0.3, -0.25) is 0 Å². The number of nitrogens with two attached hydrogens (primary N) is 1. The third-order valence-corrected chi connectivity index (χ3v) is 3.15. The van der Waals surface area contributed by atoms with Crippen LogP contribution in [-0.2, 0) is 13.2 Å². The zero-order valence-corrected chi connectivity index (χ0v) is 12.0. The van der Waals surface area contributed by atoms with Crippen molar-refractivity contribution in [1.29, 1.82) is 0 Å². The van der Waals surface area contributed by atoms with Crippen molar-refractivity contribution >= 4 is 5.96 Å². The lowest BCUT2D eigenvalue weighted by Gasteiger charge is -2.17. The quantitative estimate of drug-likeness (QED) is 0.632. The second-order valence-electron chi connectivity index (χ2n) is 4.79. The van der Waals surface area contributed by atoms with Crippen LogP contribution in [0.5, 0.6) is 5.75 Å². The normalized spacial score (nSPS) is 13.6. The van der Waals surface area contributed by atoms with Gasteiger partial charge in [-0.05, 0) is 23.3 Å². The molecule has 0 unspecified atom stereocenters. The Balaban J connectivity index is 1.54. The van der Waals surface area contributed by atoms with Crippen LogP contribution < -0.4 is 27.0 Å². The fraction of sp³-hybridized carbons (Fsp3) is 0.133. The summed E-state index contributed by atoms with van der Waals surface area (Å²) in [5, 5.41) is 5.29. The van der Waals surface area contributed by atoms with Gasteiger partial charge in [0, 0.05) is 6.54 Å². The lowest BCUT2D eigenvalue weighted by Crippen LogP contribution is -2.52. The fourth-order valence-electron chi connectivity index (χ4n) is 2.02. The van der Waals surface area contributed by atoms with Gasteiger partial charge in [-0.15, -0.1) is 10.6 Å². The first-order valence-electron chi connectivity index (χ1n) is 6.94. The Morgan fingerprint density at radius 2 is 1.91 bits per heavy atom. The molecule has 22 heavy (non-hydrogen) atoms. The molecule has 5 N–H and O–H groups in total. The van der Waals surface area contributed by atoms with E-state index < -0.39 is 0 Å². The summed E-state index contributed by atoms with van der Waals surface area (Å²) in [4.78, 5) is 0. The third kappa shape index (κ3) is 3.66. The summed E-state index contributed by atoms with van der Waals surface area (Å²) < 4.78 is 5.81. The molecular weight excluding hydrogens is 280 g/mol. The summed E-state index contributed by atoms with van der Waals surface area (Å²) in [6, 6.07) is 18.0. The number of benzene rings is 2. The molecule has 0 atom stereocenters. The van der Waals surface area contributed by atoms with Crippen molar-refractivity contribution in [3.8, 4) is 5.75 Å². The molecule has 1 aliphatic heterocycles. The minimum Gasteiger partial charge on any atom is -0.489 e. The van der Waals surface area contributed by atoms with Crippen molar-refractivity contribution in [2.75, 3.05) is 0 Å². The molecule has 7 nitrogen and oxygen atoms in total. The molecule has 0 spiro atoms. The van der Waals surface area contributed by atoms with E-state index in [-0.39, 0.29) is 0 Å². The molecule has 0 radical (unpaired) electrons. The van der Waals surface area contributed by atoms with Crippen LogP contribution in [0.1, 0.15) is 11.1 Å². The largest absolute Gasteiger partial charge is 0.489 e. The first-order chi connectivity index (χ1) is 10.8. The topological polar surface area (TPSA) is 86.9 Å². The van der Waals surface area contributed by atoms with Gasteiger partial charge in [-0.1, -0.05) is 42.5 Å². The molecule has 2 aromatic carbocycles. The number of hydrogen-bond acceptors (Lipinski definition) is 7. The van der Waals surface area contributed by atoms with Crippen LogP contribution in [0.4, 0.5) is 0 Å². The molecule has 0 amide bonds. The number of hydrazine groups is 3. The molecule has 3 rings (SSSR count). The molecule has 1 heterocycles. The molecule has 7 heteroatoms. The Morgan fingerprint density at radius 3 is 2.68 bits per heavy atom. The second-order valence-corrected chi connectivity index (χ2v) is 4.79. The van der Waals surface area contributed by atoms with Crippen LogP contribution in [0.25, 0.3) is 0 Å². The molecular formula is C15H18N6O. The van der Waals surface area contributed by atoms with Gasteiger partial charge in [0.15, 0.2) is 0 Å².